The summed E-state index contributed by atoms with van der Waals surface area (Å²) >= 11 is 0. The molecule has 7 nitrogen and oxygen atoms in total. The van der Waals surface area contributed by atoms with Crippen molar-refractivity contribution in [2.75, 3.05) is 7.05 Å². The van der Waals surface area contributed by atoms with Gasteiger partial charge in [0.05, 0.1) is 22.5 Å². The molecule has 218 valence electrons. The molecule has 9 atom stereocenters. The number of rotatable bonds is 2. The Morgan fingerprint density at radius 2 is 1.70 bits per heavy atom. The molecular formula is C32H46N4O3S. The molecule has 5 aliphatic carbocycles. The predicted molar refractivity (Wildman–Crippen MR) is 155 cm³/mol. The van der Waals surface area contributed by atoms with Gasteiger partial charge >= 0.3 is 0 Å². The summed E-state index contributed by atoms with van der Waals surface area (Å²) < 4.78 is 20.7. The first-order chi connectivity index (χ1) is 18.4. The number of carbonyl (C=O) groups is 1. The van der Waals surface area contributed by atoms with Crippen molar-refractivity contribution in [1.82, 2.24) is 4.72 Å². The van der Waals surface area contributed by atoms with Crippen LogP contribution in [0.1, 0.15) is 93.4 Å². The highest BCUT2D eigenvalue weighted by molar-refractivity contribution is 7.93. The van der Waals surface area contributed by atoms with Crippen molar-refractivity contribution >= 4 is 15.7 Å². The zero-order valence-electron chi connectivity index (χ0n) is 25.4. The van der Waals surface area contributed by atoms with Gasteiger partial charge in [0.2, 0.25) is 6.19 Å². The summed E-state index contributed by atoms with van der Waals surface area (Å²) in [7, 11) is -1.47. The van der Waals surface area contributed by atoms with Gasteiger partial charge in [-0.3, -0.25) is 4.79 Å². The van der Waals surface area contributed by atoms with Gasteiger partial charge in [0.25, 0.3) is 0 Å². The lowest BCUT2D eigenvalue weighted by Crippen LogP contribution is -2.68. The molecule has 2 N–H and O–H groups in total. The minimum absolute atomic E-state index is 0.0179. The molecule has 40 heavy (non-hydrogen) atoms. The van der Waals surface area contributed by atoms with Gasteiger partial charge < -0.3 is 5.11 Å². The van der Waals surface area contributed by atoms with Crippen LogP contribution in [-0.4, -0.2) is 33.0 Å². The second-order valence-electron chi connectivity index (χ2n) is 15.5. The highest BCUT2D eigenvalue weighted by Crippen LogP contribution is 2.74. The topological polar surface area (TPSA) is 126 Å². The van der Waals surface area contributed by atoms with Gasteiger partial charge in [0, 0.05) is 11.3 Å². The molecule has 8 heteroatoms. The largest absolute Gasteiger partial charge is 0.387 e. The van der Waals surface area contributed by atoms with Gasteiger partial charge in [0.15, 0.2) is 5.78 Å². The third-order valence-electron chi connectivity index (χ3n) is 13.0. The Bertz CT molecular complexity index is 1420. The number of allylic oxidation sites excluding steroid dienone is 3. The van der Waals surface area contributed by atoms with Gasteiger partial charge in [0.1, 0.15) is 9.92 Å². The number of carbonyl (C=O) groups excluding carboxylic acids is 1. The summed E-state index contributed by atoms with van der Waals surface area (Å²) in [5.74, 6) is -0.337. The van der Waals surface area contributed by atoms with Crippen LogP contribution in [0.15, 0.2) is 27.7 Å². The zero-order chi connectivity index (χ0) is 29.7. The molecule has 3 fully saturated rings. The fraction of sp³-hybridized carbons (Fsp3) is 0.781. The van der Waals surface area contributed by atoms with Crippen LogP contribution in [0.4, 0.5) is 0 Å². The van der Waals surface area contributed by atoms with E-state index in [9.17, 15) is 24.6 Å². The molecule has 0 heterocycles. The van der Waals surface area contributed by atoms with E-state index in [1.807, 2.05) is 18.3 Å². The van der Waals surface area contributed by atoms with E-state index in [1.165, 1.54) is 0 Å². The standard InChI is InChI=1S/C32H46N4O3S/c1-27(2)11-13-32(40(39,35-8)36-19-34)14-12-31(7)25(21(32)17-27)22(37)15-24-29(5)16-20(18-33)26(38)28(3,4)23(29)9-10-30(24,31)6/h15-16,21,23,25-26,38H,9-14,17H2,1-8H3,(H,35,36,39)/t21-,23-,25-,26?,29-,30+,31+,32-,40?/m0/s1. The Morgan fingerprint density at radius 3 is 2.30 bits per heavy atom. The van der Waals surface area contributed by atoms with Crippen LogP contribution in [-0.2, 0) is 14.7 Å². The highest BCUT2D eigenvalue weighted by Gasteiger charge is 2.71. The Balaban J connectivity index is 1.74. The second kappa shape index (κ2) is 8.76. The maximum Gasteiger partial charge on any atom is 0.215 e. The molecule has 0 radical (unpaired) electrons. The van der Waals surface area contributed by atoms with Gasteiger partial charge in [-0.25, -0.2) is 8.93 Å². The van der Waals surface area contributed by atoms with Gasteiger partial charge in [-0.2, -0.15) is 10.5 Å². The molecule has 0 bridgehead atoms. The molecule has 0 aromatic carbocycles. The summed E-state index contributed by atoms with van der Waals surface area (Å²) in [6.45, 7) is 15.3. The lowest BCUT2D eigenvalue weighted by Gasteiger charge is -2.69. The van der Waals surface area contributed by atoms with Crippen LogP contribution in [0.25, 0.3) is 0 Å². The predicted octanol–water partition coefficient (Wildman–Crippen LogP) is 5.83. The Kier molecular flexibility index (Phi) is 6.46. The molecule has 5 aliphatic rings. The van der Waals surface area contributed by atoms with E-state index in [2.05, 4.69) is 63.6 Å². The minimum Gasteiger partial charge on any atom is -0.387 e. The van der Waals surface area contributed by atoms with Crippen LogP contribution >= 0.6 is 0 Å². The quantitative estimate of drug-likeness (QED) is 0.407. The van der Waals surface area contributed by atoms with Crippen molar-refractivity contribution in [3.05, 3.63) is 23.3 Å². The molecular weight excluding hydrogens is 520 g/mol. The third-order valence-corrected chi connectivity index (χ3v) is 15.7. The van der Waals surface area contributed by atoms with Gasteiger partial charge in [-0.05, 0) is 91.6 Å². The maximum absolute atomic E-state index is 14.6. The van der Waals surface area contributed by atoms with E-state index in [0.29, 0.717) is 18.4 Å². The summed E-state index contributed by atoms with van der Waals surface area (Å²) in [6.07, 6.45) is 10.3. The zero-order valence-corrected chi connectivity index (χ0v) is 26.2. The van der Waals surface area contributed by atoms with E-state index in [-0.39, 0.29) is 39.8 Å². The molecule has 3 saturated carbocycles. The summed E-state index contributed by atoms with van der Waals surface area (Å²) in [6, 6.07) is 2.26. The number of nitrogens with one attached hydrogen (secondary N) is 1. The first-order valence-corrected chi connectivity index (χ1v) is 16.4. The number of aliphatic hydroxyl groups is 1. The van der Waals surface area contributed by atoms with E-state index in [0.717, 1.165) is 37.7 Å². The van der Waals surface area contributed by atoms with Crippen molar-refractivity contribution < 1.29 is 14.1 Å². The first-order valence-electron chi connectivity index (χ1n) is 14.8. The van der Waals surface area contributed by atoms with Crippen LogP contribution in [0.3, 0.4) is 0 Å². The Hall–Kier alpha value is -2.00. The number of ketones is 1. The lowest BCUT2D eigenvalue weighted by molar-refractivity contribution is -0.153. The smallest absolute Gasteiger partial charge is 0.215 e. The van der Waals surface area contributed by atoms with Crippen molar-refractivity contribution in [2.45, 2.75) is 104 Å². The Morgan fingerprint density at radius 1 is 1.05 bits per heavy atom. The maximum atomic E-state index is 14.6. The van der Waals surface area contributed by atoms with E-state index >= 15 is 0 Å². The number of aliphatic hydroxyl groups excluding tert-OH is 1. The fourth-order valence-corrected chi connectivity index (χ4v) is 12.8. The number of nitrogens with zero attached hydrogens (tertiary/aromatic N) is 3. The normalized spacial score (nSPS) is 46.4. The van der Waals surface area contributed by atoms with Crippen molar-refractivity contribution in [1.29, 1.82) is 10.5 Å². The van der Waals surface area contributed by atoms with Crippen molar-refractivity contribution in [2.24, 2.45) is 49.2 Å². The van der Waals surface area contributed by atoms with E-state index in [1.54, 1.807) is 7.05 Å². The molecule has 0 aliphatic heterocycles. The summed E-state index contributed by atoms with van der Waals surface area (Å²) in [5.41, 5.74) is -0.277. The number of hydrogen-bond donors (Lipinski definition) is 2. The van der Waals surface area contributed by atoms with Crippen LogP contribution in [0, 0.1) is 67.6 Å². The van der Waals surface area contributed by atoms with Crippen LogP contribution in [0.2, 0.25) is 0 Å². The Labute approximate surface area is 240 Å². The van der Waals surface area contributed by atoms with Gasteiger partial charge in [-0.1, -0.05) is 60.1 Å². The number of hydrogen-bond acceptors (Lipinski definition) is 6. The van der Waals surface area contributed by atoms with Gasteiger partial charge in [-0.15, -0.1) is 4.36 Å². The van der Waals surface area contributed by atoms with Crippen LogP contribution < -0.4 is 4.72 Å². The minimum atomic E-state index is -3.10. The molecule has 0 amide bonds. The molecule has 0 spiro atoms. The molecule has 0 saturated heterocycles. The second-order valence-corrected chi connectivity index (χ2v) is 17.9. The average Bonchev–Trinajstić information content (AvgIpc) is 2.87. The van der Waals surface area contributed by atoms with E-state index in [4.69, 9.17) is 0 Å². The fourth-order valence-electron chi connectivity index (χ4n) is 10.6. The molecule has 2 unspecified atom stereocenters. The first kappa shape index (κ1) is 29.5. The van der Waals surface area contributed by atoms with Crippen molar-refractivity contribution in [3.63, 3.8) is 0 Å². The average molecular weight is 567 g/mol. The highest BCUT2D eigenvalue weighted by atomic mass is 32.2. The lowest BCUT2D eigenvalue weighted by atomic mass is 9.35. The summed E-state index contributed by atoms with van der Waals surface area (Å²) in [5, 5.41) is 30.6. The van der Waals surface area contributed by atoms with Crippen LogP contribution in [0.5, 0.6) is 0 Å². The molecule has 0 aromatic rings. The monoisotopic (exact) mass is 566 g/mol. The molecule has 5 rings (SSSR count). The van der Waals surface area contributed by atoms with Crippen molar-refractivity contribution in [3.8, 4) is 12.3 Å². The number of fused-ring (bicyclic) bond motifs is 7. The van der Waals surface area contributed by atoms with E-state index < -0.39 is 31.6 Å². The third kappa shape index (κ3) is 3.45. The number of nitriles is 2. The molecule has 0 aromatic heterocycles. The summed E-state index contributed by atoms with van der Waals surface area (Å²) in [4.78, 5) is 14.6. The SMILES string of the molecule is CNS(=O)(=NC#N)[C@]12CCC(C)(C)C[C@H]1[C@H]1C(=O)C=C3[C@@]4(C)C=C(C#N)C(O)C(C)(C)[C@@H]4CC[C@@]3(C)[C@]1(C)CC2.